The van der Waals surface area contributed by atoms with Crippen molar-refractivity contribution < 1.29 is 18.5 Å². The molecule has 1 unspecified atom stereocenters. The number of rotatable bonds is 5. The van der Waals surface area contributed by atoms with Gasteiger partial charge in [-0.1, -0.05) is 11.2 Å². The van der Waals surface area contributed by atoms with Crippen LogP contribution in [0.1, 0.15) is 23.3 Å². The van der Waals surface area contributed by atoms with E-state index in [1.165, 1.54) is 18.2 Å². The number of hydrogen-bond donors (Lipinski definition) is 2. The van der Waals surface area contributed by atoms with Gasteiger partial charge in [0.05, 0.1) is 0 Å². The standard InChI is InChI=1S/C22H22FN5O3/c23-17-6-1-7-18(10-17)26-22(30)25-12-15-4-3-9-28(14-15)21(29)19-11-20(31-27-19)16-5-2-8-24-13-16/h1-2,5-8,10-11,13,15H,3-4,9,12,14H2,(H2,25,26,30). The fraction of sp³-hybridized carbons (Fsp3) is 0.273. The lowest BCUT2D eigenvalue weighted by Crippen LogP contribution is -2.44. The van der Waals surface area contributed by atoms with E-state index in [1.807, 2.05) is 6.07 Å². The van der Waals surface area contributed by atoms with E-state index in [2.05, 4.69) is 20.8 Å². The van der Waals surface area contributed by atoms with Crippen LogP contribution in [-0.4, -0.2) is 46.6 Å². The zero-order valence-corrected chi connectivity index (χ0v) is 16.8. The van der Waals surface area contributed by atoms with Gasteiger partial charge >= 0.3 is 6.03 Å². The Morgan fingerprint density at radius 2 is 2.13 bits per heavy atom. The number of carbonyl (C=O) groups excluding carboxylic acids is 2. The highest BCUT2D eigenvalue weighted by molar-refractivity contribution is 5.93. The number of nitrogens with one attached hydrogen (secondary N) is 2. The molecule has 3 amide bonds. The molecule has 9 heteroatoms. The molecule has 0 saturated carbocycles. The molecule has 4 rings (SSSR count). The summed E-state index contributed by atoms with van der Waals surface area (Å²) < 4.78 is 18.5. The van der Waals surface area contributed by atoms with E-state index < -0.39 is 11.8 Å². The molecule has 2 aromatic heterocycles. The Hall–Kier alpha value is -3.75. The van der Waals surface area contributed by atoms with Crippen molar-refractivity contribution in [1.29, 1.82) is 0 Å². The number of amides is 3. The minimum Gasteiger partial charge on any atom is -0.355 e. The molecule has 1 aliphatic heterocycles. The van der Waals surface area contributed by atoms with Gasteiger partial charge in [-0.25, -0.2) is 9.18 Å². The van der Waals surface area contributed by atoms with Gasteiger partial charge in [0.2, 0.25) is 0 Å². The summed E-state index contributed by atoms with van der Waals surface area (Å²) in [6, 6.07) is 10.5. The first-order valence-corrected chi connectivity index (χ1v) is 10.1. The van der Waals surface area contributed by atoms with Crippen LogP contribution in [0, 0.1) is 11.7 Å². The van der Waals surface area contributed by atoms with Crippen molar-refractivity contribution in [3.63, 3.8) is 0 Å². The molecule has 8 nitrogen and oxygen atoms in total. The van der Waals surface area contributed by atoms with Crippen LogP contribution >= 0.6 is 0 Å². The number of hydrogen-bond acceptors (Lipinski definition) is 5. The first-order chi connectivity index (χ1) is 15.1. The van der Waals surface area contributed by atoms with E-state index in [0.717, 1.165) is 18.4 Å². The summed E-state index contributed by atoms with van der Waals surface area (Å²) in [6.45, 7) is 1.54. The van der Waals surface area contributed by atoms with Crippen LogP contribution in [0.3, 0.4) is 0 Å². The minimum absolute atomic E-state index is 0.112. The van der Waals surface area contributed by atoms with Crippen LogP contribution in [0.4, 0.5) is 14.9 Å². The molecular weight excluding hydrogens is 401 g/mol. The molecule has 0 bridgehead atoms. The summed E-state index contributed by atoms with van der Waals surface area (Å²) in [5, 5.41) is 9.31. The highest BCUT2D eigenvalue weighted by atomic mass is 19.1. The second-order valence-corrected chi connectivity index (χ2v) is 7.42. The first kappa shape index (κ1) is 20.5. The summed E-state index contributed by atoms with van der Waals surface area (Å²) in [7, 11) is 0. The second kappa shape index (κ2) is 9.38. The normalized spacial score (nSPS) is 16.0. The van der Waals surface area contributed by atoms with Crippen molar-refractivity contribution in [2.45, 2.75) is 12.8 Å². The Balaban J connectivity index is 1.30. The Labute approximate surface area is 178 Å². The molecule has 1 atom stereocenters. The van der Waals surface area contributed by atoms with E-state index in [1.54, 1.807) is 35.5 Å². The second-order valence-electron chi connectivity index (χ2n) is 7.42. The number of likely N-dealkylation sites (tertiary alicyclic amines) is 1. The zero-order chi connectivity index (χ0) is 21.6. The third-order valence-electron chi connectivity index (χ3n) is 5.12. The Morgan fingerprint density at radius 3 is 2.94 bits per heavy atom. The maximum Gasteiger partial charge on any atom is 0.319 e. The maximum atomic E-state index is 13.2. The quantitative estimate of drug-likeness (QED) is 0.654. The molecule has 1 fully saturated rings. The van der Waals surface area contributed by atoms with E-state index in [-0.39, 0.29) is 17.5 Å². The number of urea groups is 1. The summed E-state index contributed by atoms with van der Waals surface area (Å²) in [5.74, 6) is -0.0204. The van der Waals surface area contributed by atoms with E-state index in [9.17, 15) is 14.0 Å². The van der Waals surface area contributed by atoms with Gasteiger partial charge in [0.25, 0.3) is 5.91 Å². The molecule has 3 aromatic rings. The smallest absolute Gasteiger partial charge is 0.319 e. The predicted molar refractivity (Wildman–Crippen MR) is 112 cm³/mol. The van der Waals surface area contributed by atoms with Crippen molar-refractivity contribution in [2.75, 3.05) is 25.0 Å². The van der Waals surface area contributed by atoms with E-state index >= 15 is 0 Å². The number of aromatic nitrogens is 2. The van der Waals surface area contributed by atoms with Gasteiger partial charge in [-0.3, -0.25) is 9.78 Å². The van der Waals surface area contributed by atoms with Gasteiger partial charge in [-0.05, 0) is 49.1 Å². The number of halogens is 1. The van der Waals surface area contributed by atoms with Crippen molar-refractivity contribution in [3.8, 4) is 11.3 Å². The van der Waals surface area contributed by atoms with E-state index in [4.69, 9.17) is 4.52 Å². The third-order valence-corrected chi connectivity index (χ3v) is 5.12. The molecule has 31 heavy (non-hydrogen) atoms. The zero-order valence-electron chi connectivity index (χ0n) is 16.8. The Morgan fingerprint density at radius 1 is 1.23 bits per heavy atom. The minimum atomic E-state index is -0.418. The monoisotopic (exact) mass is 423 g/mol. The first-order valence-electron chi connectivity index (χ1n) is 10.1. The molecule has 1 aliphatic rings. The van der Waals surface area contributed by atoms with Gasteiger partial charge < -0.3 is 20.1 Å². The van der Waals surface area contributed by atoms with Gasteiger partial charge in [0.15, 0.2) is 11.5 Å². The molecule has 0 aliphatic carbocycles. The molecule has 0 spiro atoms. The van der Waals surface area contributed by atoms with Gasteiger partial charge in [-0.15, -0.1) is 0 Å². The highest BCUT2D eigenvalue weighted by Crippen LogP contribution is 2.22. The number of benzene rings is 1. The topological polar surface area (TPSA) is 100 Å². The lowest BCUT2D eigenvalue weighted by Gasteiger charge is -2.32. The van der Waals surface area contributed by atoms with Crippen molar-refractivity contribution in [3.05, 3.63) is 66.4 Å². The predicted octanol–water partition coefficient (Wildman–Crippen LogP) is 3.55. The largest absolute Gasteiger partial charge is 0.355 e. The average molecular weight is 423 g/mol. The fourth-order valence-corrected chi connectivity index (χ4v) is 3.58. The molecule has 2 N–H and O–H groups in total. The maximum absolute atomic E-state index is 13.2. The molecule has 0 radical (unpaired) electrons. The van der Waals surface area contributed by atoms with Crippen molar-refractivity contribution in [2.24, 2.45) is 5.92 Å². The molecule has 3 heterocycles. The van der Waals surface area contributed by atoms with Crippen LogP contribution in [-0.2, 0) is 0 Å². The van der Waals surface area contributed by atoms with Gasteiger partial charge in [-0.2, -0.15) is 0 Å². The number of carbonyl (C=O) groups is 2. The molecule has 1 saturated heterocycles. The molecule has 1 aromatic carbocycles. The van der Waals surface area contributed by atoms with Crippen LogP contribution in [0.5, 0.6) is 0 Å². The van der Waals surface area contributed by atoms with Crippen LogP contribution in [0.2, 0.25) is 0 Å². The summed E-state index contributed by atoms with van der Waals surface area (Å²) >= 11 is 0. The van der Waals surface area contributed by atoms with Crippen LogP contribution in [0.15, 0.2) is 59.4 Å². The number of pyridine rings is 1. The fourth-order valence-electron chi connectivity index (χ4n) is 3.58. The Kier molecular flexibility index (Phi) is 6.21. The summed E-state index contributed by atoms with van der Waals surface area (Å²) in [5.41, 5.74) is 1.38. The Bertz CT molecular complexity index is 1060. The number of anilines is 1. The summed E-state index contributed by atoms with van der Waals surface area (Å²) in [4.78, 5) is 30.7. The SMILES string of the molecule is O=C(NCC1CCCN(C(=O)c2cc(-c3cccnc3)on2)C1)Nc1cccc(F)c1. The lowest BCUT2D eigenvalue weighted by molar-refractivity contribution is 0.0665. The van der Waals surface area contributed by atoms with Crippen molar-refractivity contribution in [1.82, 2.24) is 20.4 Å². The van der Waals surface area contributed by atoms with Crippen molar-refractivity contribution >= 4 is 17.6 Å². The average Bonchev–Trinajstić information content (AvgIpc) is 3.28. The van der Waals surface area contributed by atoms with Crippen LogP contribution in [0.25, 0.3) is 11.3 Å². The van der Waals surface area contributed by atoms with Crippen LogP contribution < -0.4 is 10.6 Å². The molecular formula is C22H22FN5O3. The number of piperidine rings is 1. The highest BCUT2D eigenvalue weighted by Gasteiger charge is 2.27. The lowest BCUT2D eigenvalue weighted by atomic mass is 9.97. The van der Waals surface area contributed by atoms with Gasteiger partial charge in [0, 0.05) is 49.3 Å². The third kappa shape index (κ3) is 5.25. The van der Waals surface area contributed by atoms with Gasteiger partial charge in [0.1, 0.15) is 5.82 Å². The molecule has 160 valence electrons. The summed E-state index contributed by atoms with van der Waals surface area (Å²) in [6.07, 6.45) is 5.03. The number of nitrogens with zero attached hydrogens (tertiary/aromatic N) is 3. The van der Waals surface area contributed by atoms with E-state index in [0.29, 0.717) is 31.1 Å².